The van der Waals surface area contributed by atoms with E-state index in [0.29, 0.717) is 6.04 Å². The van der Waals surface area contributed by atoms with Gasteiger partial charge in [0, 0.05) is 26.4 Å². The maximum absolute atomic E-state index is 5.23. The lowest BCUT2D eigenvalue weighted by molar-refractivity contribution is 0.161. The molecule has 1 unspecified atom stereocenters. The van der Waals surface area contributed by atoms with Crippen molar-refractivity contribution in [3.8, 4) is 0 Å². The van der Waals surface area contributed by atoms with E-state index in [1.54, 1.807) is 7.11 Å². The Hall–Kier alpha value is -0.870. The second-order valence-corrected chi connectivity index (χ2v) is 4.52. The molecular formula is C13H25N3O. The minimum Gasteiger partial charge on any atom is -0.383 e. The van der Waals surface area contributed by atoms with Gasteiger partial charge in [0.1, 0.15) is 0 Å². The SMILES string of the molecule is CCCNC(CCCc1cnn(C)c1)COC. The third kappa shape index (κ3) is 5.84. The lowest BCUT2D eigenvalue weighted by Crippen LogP contribution is -2.33. The van der Waals surface area contributed by atoms with Gasteiger partial charge in [-0.3, -0.25) is 4.68 Å². The number of hydrogen-bond acceptors (Lipinski definition) is 3. The van der Waals surface area contributed by atoms with Gasteiger partial charge in [-0.1, -0.05) is 6.92 Å². The molecule has 0 radical (unpaired) electrons. The third-order valence-corrected chi connectivity index (χ3v) is 2.83. The van der Waals surface area contributed by atoms with E-state index in [0.717, 1.165) is 26.0 Å². The van der Waals surface area contributed by atoms with Gasteiger partial charge in [0.05, 0.1) is 12.8 Å². The summed E-state index contributed by atoms with van der Waals surface area (Å²) in [6, 6.07) is 0.483. The van der Waals surface area contributed by atoms with E-state index in [2.05, 4.69) is 23.5 Å². The molecule has 17 heavy (non-hydrogen) atoms. The first-order chi connectivity index (χ1) is 8.26. The number of aryl methyl sites for hydroxylation is 2. The van der Waals surface area contributed by atoms with Crippen molar-refractivity contribution in [1.82, 2.24) is 15.1 Å². The maximum atomic E-state index is 5.23. The Bertz CT molecular complexity index is 299. The average Bonchev–Trinajstić information content (AvgIpc) is 2.72. The fourth-order valence-electron chi connectivity index (χ4n) is 1.95. The molecule has 0 spiro atoms. The Kier molecular flexibility index (Phi) is 6.89. The molecule has 0 fully saturated rings. The molecule has 0 aromatic carbocycles. The molecule has 1 atom stereocenters. The predicted octanol–water partition coefficient (Wildman–Crippen LogP) is 1.76. The van der Waals surface area contributed by atoms with Crippen LogP contribution in [0.1, 0.15) is 31.7 Å². The zero-order chi connectivity index (χ0) is 12.5. The number of hydrogen-bond donors (Lipinski definition) is 1. The van der Waals surface area contributed by atoms with Crippen LogP contribution in [0.2, 0.25) is 0 Å². The fourth-order valence-corrected chi connectivity index (χ4v) is 1.95. The van der Waals surface area contributed by atoms with Crippen LogP contribution in [0.4, 0.5) is 0 Å². The number of rotatable bonds is 9. The molecule has 0 saturated heterocycles. The first-order valence-corrected chi connectivity index (χ1v) is 6.46. The van der Waals surface area contributed by atoms with Crippen molar-refractivity contribution in [2.75, 3.05) is 20.3 Å². The topological polar surface area (TPSA) is 39.1 Å². The molecule has 98 valence electrons. The average molecular weight is 239 g/mol. The molecule has 0 bridgehead atoms. The smallest absolute Gasteiger partial charge is 0.0615 e. The van der Waals surface area contributed by atoms with Gasteiger partial charge in [-0.15, -0.1) is 0 Å². The lowest BCUT2D eigenvalue weighted by atomic mass is 10.1. The molecule has 1 aromatic rings. The monoisotopic (exact) mass is 239 g/mol. The molecule has 1 rings (SSSR count). The summed E-state index contributed by atoms with van der Waals surface area (Å²) in [5.74, 6) is 0. The second-order valence-electron chi connectivity index (χ2n) is 4.52. The molecule has 1 heterocycles. The summed E-state index contributed by atoms with van der Waals surface area (Å²) in [5, 5.41) is 7.69. The van der Waals surface area contributed by atoms with E-state index >= 15 is 0 Å². The van der Waals surface area contributed by atoms with Crippen LogP contribution >= 0.6 is 0 Å². The Labute approximate surface area is 104 Å². The summed E-state index contributed by atoms with van der Waals surface area (Å²) in [6.07, 6.45) is 8.64. The van der Waals surface area contributed by atoms with Crippen LogP contribution in [-0.4, -0.2) is 36.1 Å². The van der Waals surface area contributed by atoms with Crippen molar-refractivity contribution in [3.05, 3.63) is 18.0 Å². The van der Waals surface area contributed by atoms with Gasteiger partial charge < -0.3 is 10.1 Å². The minimum absolute atomic E-state index is 0.483. The fraction of sp³-hybridized carbons (Fsp3) is 0.769. The van der Waals surface area contributed by atoms with E-state index in [9.17, 15) is 0 Å². The summed E-state index contributed by atoms with van der Waals surface area (Å²) >= 11 is 0. The minimum atomic E-state index is 0.483. The van der Waals surface area contributed by atoms with Crippen LogP contribution in [0.3, 0.4) is 0 Å². The third-order valence-electron chi connectivity index (χ3n) is 2.83. The summed E-state index contributed by atoms with van der Waals surface area (Å²) in [4.78, 5) is 0. The van der Waals surface area contributed by atoms with Crippen molar-refractivity contribution in [2.24, 2.45) is 7.05 Å². The molecule has 4 nitrogen and oxygen atoms in total. The molecule has 1 N–H and O–H groups in total. The van der Waals surface area contributed by atoms with Crippen molar-refractivity contribution in [3.63, 3.8) is 0 Å². The van der Waals surface area contributed by atoms with E-state index < -0.39 is 0 Å². The number of methoxy groups -OCH3 is 1. The summed E-state index contributed by atoms with van der Waals surface area (Å²) in [5.41, 5.74) is 1.32. The van der Waals surface area contributed by atoms with Gasteiger partial charge in [0.25, 0.3) is 0 Å². The maximum Gasteiger partial charge on any atom is 0.0615 e. The van der Waals surface area contributed by atoms with Crippen LogP contribution in [-0.2, 0) is 18.2 Å². The van der Waals surface area contributed by atoms with Gasteiger partial charge >= 0.3 is 0 Å². The molecule has 0 aliphatic heterocycles. The second kappa shape index (κ2) is 8.25. The predicted molar refractivity (Wildman–Crippen MR) is 70.1 cm³/mol. The molecule has 1 aromatic heterocycles. The number of aromatic nitrogens is 2. The largest absolute Gasteiger partial charge is 0.383 e. The van der Waals surface area contributed by atoms with Crippen molar-refractivity contribution in [1.29, 1.82) is 0 Å². The zero-order valence-electron chi connectivity index (χ0n) is 11.3. The van der Waals surface area contributed by atoms with E-state index in [1.807, 2.05) is 17.9 Å². The highest BCUT2D eigenvalue weighted by atomic mass is 16.5. The highest BCUT2D eigenvalue weighted by molar-refractivity contribution is 5.03. The highest BCUT2D eigenvalue weighted by Gasteiger charge is 2.07. The summed E-state index contributed by atoms with van der Waals surface area (Å²) < 4.78 is 7.09. The van der Waals surface area contributed by atoms with Crippen molar-refractivity contribution in [2.45, 2.75) is 38.6 Å². The highest BCUT2D eigenvalue weighted by Crippen LogP contribution is 2.06. The molecule has 0 saturated carbocycles. The number of nitrogens with one attached hydrogen (secondary N) is 1. The van der Waals surface area contributed by atoms with Crippen LogP contribution in [0, 0.1) is 0 Å². The lowest BCUT2D eigenvalue weighted by Gasteiger charge is -2.17. The van der Waals surface area contributed by atoms with Gasteiger partial charge in [0.15, 0.2) is 0 Å². The Morgan fingerprint density at radius 1 is 1.53 bits per heavy atom. The van der Waals surface area contributed by atoms with Crippen molar-refractivity contribution < 1.29 is 4.74 Å². The molecule has 0 amide bonds. The van der Waals surface area contributed by atoms with Gasteiger partial charge in [0.2, 0.25) is 0 Å². The van der Waals surface area contributed by atoms with Crippen LogP contribution in [0.15, 0.2) is 12.4 Å². The van der Waals surface area contributed by atoms with E-state index in [4.69, 9.17) is 4.74 Å². The first kappa shape index (κ1) is 14.2. The standard InChI is InChI=1S/C13H25N3O/c1-4-8-14-13(11-17-3)7-5-6-12-9-15-16(2)10-12/h9-10,13-14H,4-8,11H2,1-3H3. The molecule has 0 aliphatic rings. The van der Waals surface area contributed by atoms with Crippen LogP contribution in [0.25, 0.3) is 0 Å². The number of nitrogens with zero attached hydrogens (tertiary/aromatic N) is 2. The summed E-state index contributed by atoms with van der Waals surface area (Å²) in [6.45, 7) is 4.06. The van der Waals surface area contributed by atoms with Gasteiger partial charge in [-0.05, 0) is 37.8 Å². The quantitative estimate of drug-likeness (QED) is 0.713. The van der Waals surface area contributed by atoms with E-state index in [-0.39, 0.29) is 0 Å². The first-order valence-electron chi connectivity index (χ1n) is 6.46. The number of ether oxygens (including phenoxy) is 1. The van der Waals surface area contributed by atoms with Gasteiger partial charge in [-0.25, -0.2) is 0 Å². The molecule has 4 heteroatoms. The Morgan fingerprint density at radius 3 is 2.94 bits per heavy atom. The van der Waals surface area contributed by atoms with Crippen molar-refractivity contribution >= 4 is 0 Å². The molecular weight excluding hydrogens is 214 g/mol. The van der Waals surface area contributed by atoms with E-state index in [1.165, 1.54) is 18.4 Å². The van der Waals surface area contributed by atoms with Crippen LogP contribution < -0.4 is 5.32 Å². The zero-order valence-corrected chi connectivity index (χ0v) is 11.3. The Balaban J connectivity index is 2.21. The summed E-state index contributed by atoms with van der Waals surface area (Å²) in [7, 11) is 3.72. The van der Waals surface area contributed by atoms with Gasteiger partial charge in [-0.2, -0.15) is 5.10 Å². The van der Waals surface area contributed by atoms with Crippen LogP contribution in [0.5, 0.6) is 0 Å². The normalized spacial score (nSPS) is 12.9. The Morgan fingerprint density at radius 2 is 2.35 bits per heavy atom. The molecule has 0 aliphatic carbocycles.